The maximum Gasteiger partial charge on any atom is 0.337 e. The van der Waals surface area contributed by atoms with Gasteiger partial charge in [0.15, 0.2) is 0 Å². The molecule has 1 aliphatic heterocycles. The fourth-order valence-electron chi connectivity index (χ4n) is 2.63. The summed E-state index contributed by atoms with van der Waals surface area (Å²) in [4.78, 5) is 14.0. The molecule has 0 aliphatic carbocycles. The lowest BCUT2D eigenvalue weighted by Gasteiger charge is -2.20. The van der Waals surface area contributed by atoms with Gasteiger partial charge in [0.25, 0.3) is 0 Å². The number of carbonyl (C=O) groups excluding carboxylic acids is 1. The van der Waals surface area contributed by atoms with Gasteiger partial charge in [0, 0.05) is 11.7 Å². The average molecular weight is 276 g/mol. The number of anilines is 1. The minimum atomic E-state index is -0.284. The summed E-state index contributed by atoms with van der Waals surface area (Å²) in [5, 5.41) is 3.59. The Morgan fingerprint density at radius 2 is 2.15 bits per heavy atom. The van der Waals surface area contributed by atoms with E-state index in [0.717, 1.165) is 24.2 Å². The molecule has 1 aromatic carbocycles. The zero-order chi connectivity index (χ0) is 14.5. The molecule has 1 unspecified atom stereocenters. The second-order valence-corrected chi connectivity index (χ2v) is 5.60. The maximum atomic E-state index is 11.6. The number of likely N-dealkylation sites (tertiary alicyclic amines) is 1. The highest BCUT2D eigenvalue weighted by Crippen LogP contribution is 2.21. The zero-order valence-corrected chi connectivity index (χ0v) is 12.6. The molecule has 0 spiro atoms. The molecule has 1 atom stereocenters. The number of carbonyl (C=O) groups is 1. The van der Waals surface area contributed by atoms with E-state index in [1.54, 1.807) is 0 Å². The Morgan fingerprint density at radius 1 is 1.35 bits per heavy atom. The van der Waals surface area contributed by atoms with Crippen LogP contribution in [0.25, 0.3) is 0 Å². The number of methoxy groups -OCH3 is 1. The SMILES string of the molecule is COC(=O)c1ccc(C)c(NC2CCCN(C)CC2)c1. The summed E-state index contributed by atoms with van der Waals surface area (Å²) in [5.41, 5.74) is 2.81. The first-order chi connectivity index (χ1) is 9.60. The highest BCUT2D eigenvalue weighted by atomic mass is 16.5. The number of aryl methyl sites for hydroxylation is 1. The largest absolute Gasteiger partial charge is 0.465 e. The lowest BCUT2D eigenvalue weighted by molar-refractivity contribution is 0.0601. The highest BCUT2D eigenvalue weighted by Gasteiger charge is 2.16. The molecule has 0 saturated carbocycles. The summed E-state index contributed by atoms with van der Waals surface area (Å²) in [6, 6.07) is 6.16. The Hall–Kier alpha value is -1.55. The van der Waals surface area contributed by atoms with Gasteiger partial charge in [-0.05, 0) is 64.0 Å². The Balaban J connectivity index is 2.09. The van der Waals surface area contributed by atoms with E-state index < -0.39 is 0 Å². The van der Waals surface area contributed by atoms with E-state index >= 15 is 0 Å². The lowest BCUT2D eigenvalue weighted by Crippen LogP contribution is -2.23. The number of hydrogen-bond acceptors (Lipinski definition) is 4. The molecule has 1 aromatic rings. The third-order valence-electron chi connectivity index (χ3n) is 3.97. The van der Waals surface area contributed by atoms with Gasteiger partial charge in [-0.15, -0.1) is 0 Å². The van der Waals surface area contributed by atoms with Crippen molar-refractivity contribution in [3.05, 3.63) is 29.3 Å². The first-order valence-corrected chi connectivity index (χ1v) is 7.24. The van der Waals surface area contributed by atoms with Crippen LogP contribution >= 0.6 is 0 Å². The number of ether oxygens (including phenoxy) is 1. The van der Waals surface area contributed by atoms with E-state index in [-0.39, 0.29) is 5.97 Å². The fourth-order valence-corrected chi connectivity index (χ4v) is 2.63. The van der Waals surface area contributed by atoms with Crippen molar-refractivity contribution in [3.63, 3.8) is 0 Å². The first-order valence-electron chi connectivity index (χ1n) is 7.24. The lowest BCUT2D eigenvalue weighted by atomic mass is 10.1. The predicted octanol–water partition coefficient (Wildman–Crippen LogP) is 2.68. The van der Waals surface area contributed by atoms with Crippen molar-refractivity contribution in [2.75, 3.05) is 32.6 Å². The summed E-state index contributed by atoms with van der Waals surface area (Å²) < 4.78 is 4.78. The molecule has 0 bridgehead atoms. The molecule has 1 fully saturated rings. The summed E-state index contributed by atoms with van der Waals surface area (Å²) >= 11 is 0. The normalized spacial score (nSPS) is 20.2. The van der Waals surface area contributed by atoms with E-state index in [1.165, 1.54) is 26.5 Å². The van der Waals surface area contributed by atoms with Gasteiger partial charge in [-0.25, -0.2) is 4.79 Å². The van der Waals surface area contributed by atoms with Crippen molar-refractivity contribution in [1.29, 1.82) is 0 Å². The van der Waals surface area contributed by atoms with Crippen LogP contribution in [0.2, 0.25) is 0 Å². The molecule has 0 aromatic heterocycles. The number of nitrogens with zero attached hydrogens (tertiary/aromatic N) is 1. The number of benzene rings is 1. The van der Waals surface area contributed by atoms with Gasteiger partial charge in [0.1, 0.15) is 0 Å². The van der Waals surface area contributed by atoms with Gasteiger partial charge < -0.3 is 15.0 Å². The summed E-state index contributed by atoms with van der Waals surface area (Å²) in [7, 11) is 3.59. The van der Waals surface area contributed by atoms with Crippen molar-refractivity contribution in [2.24, 2.45) is 0 Å². The smallest absolute Gasteiger partial charge is 0.337 e. The van der Waals surface area contributed by atoms with Gasteiger partial charge in [0.05, 0.1) is 12.7 Å². The summed E-state index contributed by atoms with van der Waals surface area (Å²) in [5.74, 6) is -0.284. The van der Waals surface area contributed by atoms with Gasteiger partial charge in [-0.1, -0.05) is 6.07 Å². The average Bonchev–Trinajstić information content (AvgIpc) is 2.65. The van der Waals surface area contributed by atoms with Gasteiger partial charge >= 0.3 is 5.97 Å². The van der Waals surface area contributed by atoms with E-state index in [1.807, 2.05) is 18.2 Å². The van der Waals surface area contributed by atoms with Crippen molar-refractivity contribution in [1.82, 2.24) is 4.90 Å². The molecule has 1 N–H and O–H groups in total. The summed E-state index contributed by atoms with van der Waals surface area (Å²) in [6.45, 7) is 4.35. The predicted molar refractivity (Wildman–Crippen MR) is 81.3 cm³/mol. The van der Waals surface area contributed by atoms with Crippen LogP contribution in [0.15, 0.2) is 18.2 Å². The molecule has 20 heavy (non-hydrogen) atoms. The molecule has 1 heterocycles. The van der Waals surface area contributed by atoms with Crippen molar-refractivity contribution >= 4 is 11.7 Å². The molecule has 2 rings (SSSR count). The van der Waals surface area contributed by atoms with Gasteiger partial charge in [-0.2, -0.15) is 0 Å². The molecule has 4 heteroatoms. The minimum absolute atomic E-state index is 0.284. The van der Waals surface area contributed by atoms with Crippen LogP contribution in [0.1, 0.15) is 35.2 Å². The second-order valence-electron chi connectivity index (χ2n) is 5.60. The van der Waals surface area contributed by atoms with Crippen LogP contribution in [0, 0.1) is 6.92 Å². The molecule has 4 nitrogen and oxygen atoms in total. The molecule has 0 amide bonds. The Morgan fingerprint density at radius 3 is 2.90 bits per heavy atom. The Kier molecular flexibility index (Phi) is 5.01. The van der Waals surface area contributed by atoms with E-state index in [2.05, 4.69) is 24.2 Å². The highest BCUT2D eigenvalue weighted by molar-refractivity contribution is 5.90. The van der Waals surface area contributed by atoms with Crippen LogP contribution in [0.3, 0.4) is 0 Å². The monoisotopic (exact) mass is 276 g/mol. The number of esters is 1. The standard InChI is InChI=1S/C16H24N2O2/c1-12-6-7-13(16(19)20-3)11-15(12)17-14-5-4-9-18(2)10-8-14/h6-7,11,14,17H,4-5,8-10H2,1-3H3. The Labute approximate surface area is 121 Å². The zero-order valence-electron chi connectivity index (χ0n) is 12.6. The molecule has 1 saturated heterocycles. The van der Waals surface area contributed by atoms with Crippen molar-refractivity contribution in [2.45, 2.75) is 32.2 Å². The molecular formula is C16H24N2O2. The second kappa shape index (κ2) is 6.75. The molecule has 0 radical (unpaired) electrons. The van der Waals surface area contributed by atoms with E-state index in [9.17, 15) is 4.79 Å². The van der Waals surface area contributed by atoms with Gasteiger partial charge in [-0.3, -0.25) is 0 Å². The van der Waals surface area contributed by atoms with Crippen LogP contribution in [0.4, 0.5) is 5.69 Å². The van der Waals surface area contributed by atoms with Crippen molar-refractivity contribution < 1.29 is 9.53 Å². The van der Waals surface area contributed by atoms with Gasteiger partial charge in [0.2, 0.25) is 0 Å². The van der Waals surface area contributed by atoms with Crippen LogP contribution < -0.4 is 5.32 Å². The van der Waals surface area contributed by atoms with Crippen LogP contribution in [0.5, 0.6) is 0 Å². The fraction of sp³-hybridized carbons (Fsp3) is 0.562. The molecular weight excluding hydrogens is 252 g/mol. The van der Waals surface area contributed by atoms with Crippen LogP contribution in [-0.2, 0) is 4.74 Å². The molecule has 1 aliphatic rings. The minimum Gasteiger partial charge on any atom is -0.465 e. The Bertz CT molecular complexity index is 474. The van der Waals surface area contributed by atoms with E-state index in [4.69, 9.17) is 4.74 Å². The third kappa shape index (κ3) is 3.73. The third-order valence-corrected chi connectivity index (χ3v) is 3.97. The first kappa shape index (κ1) is 14.9. The maximum absolute atomic E-state index is 11.6. The quantitative estimate of drug-likeness (QED) is 0.862. The number of hydrogen-bond donors (Lipinski definition) is 1. The summed E-state index contributed by atoms with van der Waals surface area (Å²) in [6.07, 6.45) is 3.52. The van der Waals surface area contributed by atoms with Crippen molar-refractivity contribution in [3.8, 4) is 0 Å². The molecule has 110 valence electrons. The van der Waals surface area contributed by atoms with E-state index in [0.29, 0.717) is 11.6 Å². The topological polar surface area (TPSA) is 41.6 Å². The number of rotatable bonds is 3. The van der Waals surface area contributed by atoms with Crippen LogP contribution in [-0.4, -0.2) is 44.2 Å². The number of nitrogens with one attached hydrogen (secondary N) is 1.